The standard InChI is InChI=1S/C20H17F3N4S2/c1-12-16(27-7-8-28-19(27)24-12)10-26-6-5-15-17(11-26)29-18(25-15)13-3-2-4-14(9-13)20(21,22)23/h2-4,7-9H,5-6,10-11H2,1H3. The first-order chi connectivity index (χ1) is 13.9. The molecule has 0 fully saturated rings. The Morgan fingerprint density at radius 3 is 2.90 bits per heavy atom. The van der Waals surface area contributed by atoms with Gasteiger partial charge < -0.3 is 0 Å². The molecule has 0 amide bonds. The Labute approximate surface area is 173 Å². The number of nitrogens with zero attached hydrogens (tertiary/aromatic N) is 4. The molecule has 29 heavy (non-hydrogen) atoms. The third kappa shape index (κ3) is 3.47. The van der Waals surface area contributed by atoms with Crippen LogP contribution in [0.2, 0.25) is 0 Å². The second-order valence-electron chi connectivity index (χ2n) is 7.13. The molecule has 150 valence electrons. The van der Waals surface area contributed by atoms with Gasteiger partial charge in [0.1, 0.15) is 5.01 Å². The first-order valence-corrected chi connectivity index (χ1v) is 10.9. The van der Waals surface area contributed by atoms with Crippen molar-refractivity contribution in [2.75, 3.05) is 6.54 Å². The smallest absolute Gasteiger partial charge is 0.293 e. The van der Waals surface area contributed by atoms with E-state index in [9.17, 15) is 13.2 Å². The van der Waals surface area contributed by atoms with E-state index in [0.717, 1.165) is 53.3 Å². The third-order valence-electron chi connectivity index (χ3n) is 5.18. The molecule has 1 aliphatic rings. The highest BCUT2D eigenvalue weighted by Gasteiger charge is 2.31. The predicted molar refractivity (Wildman–Crippen MR) is 108 cm³/mol. The average Bonchev–Trinajstić information content (AvgIpc) is 3.37. The van der Waals surface area contributed by atoms with Gasteiger partial charge in [0.25, 0.3) is 0 Å². The largest absolute Gasteiger partial charge is 0.416 e. The molecule has 0 bridgehead atoms. The molecule has 4 nitrogen and oxygen atoms in total. The minimum atomic E-state index is -4.35. The van der Waals surface area contributed by atoms with Crippen LogP contribution in [0.5, 0.6) is 0 Å². The third-order valence-corrected chi connectivity index (χ3v) is 7.07. The molecule has 4 heterocycles. The molecule has 0 spiro atoms. The lowest BCUT2D eigenvalue weighted by Gasteiger charge is -2.25. The Balaban J connectivity index is 1.39. The van der Waals surface area contributed by atoms with Crippen LogP contribution in [0.3, 0.4) is 0 Å². The van der Waals surface area contributed by atoms with Crippen molar-refractivity contribution >= 4 is 27.6 Å². The molecule has 9 heteroatoms. The molecule has 3 aromatic heterocycles. The molecule has 1 aliphatic heterocycles. The number of thiazole rings is 2. The van der Waals surface area contributed by atoms with E-state index in [-0.39, 0.29) is 0 Å². The maximum Gasteiger partial charge on any atom is 0.416 e. The van der Waals surface area contributed by atoms with Gasteiger partial charge in [0.05, 0.1) is 22.6 Å². The summed E-state index contributed by atoms with van der Waals surface area (Å²) in [6, 6.07) is 5.42. The van der Waals surface area contributed by atoms with Crippen LogP contribution >= 0.6 is 22.7 Å². The highest BCUT2D eigenvalue weighted by atomic mass is 32.1. The lowest BCUT2D eigenvalue weighted by molar-refractivity contribution is -0.137. The van der Waals surface area contributed by atoms with Gasteiger partial charge in [-0.1, -0.05) is 12.1 Å². The van der Waals surface area contributed by atoms with E-state index < -0.39 is 11.7 Å². The summed E-state index contributed by atoms with van der Waals surface area (Å²) in [6.45, 7) is 4.45. The minimum absolute atomic E-state index is 0.525. The molecular weight excluding hydrogens is 417 g/mol. The number of alkyl halides is 3. The number of halogens is 3. The summed E-state index contributed by atoms with van der Waals surface area (Å²) >= 11 is 3.12. The molecule has 0 aliphatic carbocycles. The van der Waals surface area contributed by atoms with Crippen molar-refractivity contribution in [1.29, 1.82) is 0 Å². The van der Waals surface area contributed by atoms with Crippen molar-refractivity contribution in [3.63, 3.8) is 0 Å². The second-order valence-corrected chi connectivity index (χ2v) is 9.08. The van der Waals surface area contributed by atoms with Crippen molar-refractivity contribution in [2.24, 2.45) is 0 Å². The molecule has 5 rings (SSSR count). The minimum Gasteiger partial charge on any atom is -0.293 e. The number of benzene rings is 1. The van der Waals surface area contributed by atoms with E-state index in [1.807, 2.05) is 18.5 Å². The van der Waals surface area contributed by atoms with Gasteiger partial charge in [0.15, 0.2) is 4.96 Å². The molecule has 0 unspecified atom stereocenters. The second kappa shape index (κ2) is 6.93. The van der Waals surface area contributed by atoms with E-state index in [2.05, 4.69) is 19.3 Å². The lowest BCUT2D eigenvalue weighted by atomic mass is 10.1. The number of aryl methyl sites for hydroxylation is 1. The van der Waals surface area contributed by atoms with Crippen LogP contribution in [0.25, 0.3) is 15.5 Å². The zero-order chi connectivity index (χ0) is 20.2. The molecule has 0 atom stereocenters. The summed E-state index contributed by atoms with van der Waals surface area (Å²) < 4.78 is 41.2. The maximum absolute atomic E-state index is 13.0. The monoisotopic (exact) mass is 434 g/mol. The van der Waals surface area contributed by atoms with Crippen molar-refractivity contribution in [3.05, 3.63) is 63.4 Å². The summed E-state index contributed by atoms with van der Waals surface area (Å²) in [5, 5.41) is 2.69. The number of fused-ring (bicyclic) bond motifs is 2. The summed E-state index contributed by atoms with van der Waals surface area (Å²) in [4.78, 5) is 13.7. The Bertz CT molecular complexity index is 1190. The first kappa shape index (κ1) is 18.8. The Kier molecular flexibility index (Phi) is 4.49. The zero-order valence-corrected chi connectivity index (χ0v) is 17.2. The van der Waals surface area contributed by atoms with Gasteiger partial charge in [-0.15, -0.1) is 22.7 Å². The normalized spacial score (nSPS) is 15.2. The molecule has 0 N–H and O–H groups in total. The van der Waals surface area contributed by atoms with E-state index in [0.29, 0.717) is 10.6 Å². The average molecular weight is 435 g/mol. The maximum atomic E-state index is 13.0. The van der Waals surface area contributed by atoms with Crippen LogP contribution < -0.4 is 0 Å². The van der Waals surface area contributed by atoms with Crippen LogP contribution in [-0.2, 0) is 25.7 Å². The van der Waals surface area contributed by atoms with Gasteiger partial charge in [-0.05, 0) is 19.1 Å². The fourth-order valence-electron chi connectivity index (χ4n) is 3.68. The first-order valence-electron chi connectivity index (χ1n) is 9.18. The van der Waals surface area contributed by atoms with E-state index in [1.54, 1.807) is 17.4 Å². The molecule has 1 aromatic carbocycles. The highest BCUT2D eigenvalue weighted by molar-refractivity contribution is 7.15. The number of aromatic nitrogens is 3. The van der Waals surface area contributed by atoms with Gasteiger partial charge in [-0.2, -0.15) is 13.2 Å². The Morgan fingerprint density at radius 2 is 2.07 bits per heavy atom. The van der Waals surface area contributed by atoms with Crippen LogP contribution in [0.15, 0.2) is 35.8 Å². The molecule has 0 saturated heterocycles. The molecular formula is C20H17F3N4S2. The summed E-state index contributed by atoms with van der Waals surface area (Å²) in [6.07, 6.45) is -1.50. The quantitative estimate of drug-likeness (QED) is 0.433. The summed E-state index contributed by atoms with van der Waals surface area (Å²) in [5.74, 6) is 0. The molecule has 0 radical (unpaired) electrons. The summed E-state index contributed by atoms with van der Waals surface area (Å²) in [7, 11) is 0. The van der Waals surface area contributed by atoms with Gasteiger partial charge in [-0.25, -0.2) is 9.97 Å². The number of imidazole rings is 1. The molecule has 0 saturated carbocycles. The van der Waals surface area contributed by atoms with Gasteiger partial charge in [0.2, 0.25) is 0 Å². The fourth-order valence-corrected chi connectivity index (χ4v) is 5.60. The van der Waals surface area contributed by atoms with E-state index in [4.69, 9.17) is 0 Å². The van der Waals surface area contributed by atoms with Crippen molar-refractivity contribution < 1.29 is 13.2 Å². The predicted octanol–water partition coefficient (Wildman–Crippen LogP) is 5.40. The van der Waals surface area contributed by atoms with Crippen molar-refractivity contribution in [1.82, 2.24) is 19.3 Å². The number of hydrogen-bond donors (Lipinski definition) is 0. The van der Waals surface area contributed by atoms with Crippen LogP contribution in [0.1, 0.15) is 27.5 Å². The number of hydrogen-bond acceptors (Lipinski definition) is 5. The SMILES string of the molecule is Cc1nc2sccn2c1CN1CCc2nc(-c3cccc(C(F)(F)F)c3)sc2C1. The van der Waals surface area contributed by atoms with E-state index in [1.165, 1.54) is 29.2 Å². The van der Waals surface area contributed by atoms with Gasteiger partial charge in [-0.3, -0.25) is 9.30 Å². The van der Waals surface area contributed by atoms with Crippen LogP contribution in [0.4, 0.5) is 13.2 Å². The lowest BCUT2D eigenvalue weighted by Crippen LogP contribution is -2.30. The molecule has 4 aromatic rings. The van der Waals surface area contributed by atoms with Crippen LogP contribution in [-0.4, -0.2) is 25.8 Å². The van der Waals surface area contributed by atoms with Crippen molar-refractivity contribution in [2.45, 2.75) is 32.6 Å². The number of rotatable bonds is 3. The highest BCUT2D eigenvalue weighted by Crippen LogP contribution is 2.36. The zero-order valence-electron chi connectivity index (χ0n) is 15.5. The topological polar surface area (TPSA) is 33.4 Å². The summed E-state index contributed by atoms with van der Waals surface area (Å²) in [5.41, 5.74) is 3.12. The van der Waals surface area contributed by atoms with Crippen molar-refractivity contribution in [3.8, 4) is 10.6 Å². The fraction of sp³-hybridized carbons (Fsp3) is 0.300. The van der Waals surface area contributed by atoms with Gasteiger partial charge >= 0.3 is 6.18 Å². The van der Waals surface area contributed by atoms with E-state index >= 15 is 0 Å². The Hall–Kier alpha value is -2.23. The Morgan fingerprint density at radius 1 is 1.21 bits per heavy atom. The van der Waals surface area contributed by atoms with Gasteiger partial charge in [0, 0.05) is 48.1 Å². The van der Waals surface area contributed by atoms with Crippen LogP contribution in [0, 0.1) is 6.92 Å².